The highest BCUT2D eigenvalue weighted by molar-refractivity contribution is 7.45. The van der Waals surface area contributed by atoms with E-state index in [0.717, 1.165) is 32.1 Å². The highest BCUT2D eigenvalue weighted by Crippen LogP contribution is 2.38. The fraction of sp³-hybridized carbons (Fsp3) is 0.857. The first-order valence-corrected chi connectivity index (χ1v) is 15.8. The lowest BCUT2D eigenvalue weighted by Gasteiger charge is -2.28. The van der Waals surface area contributed by atoms with E-state index < -0.39 is 32.5 Å². The Morgan fingerprint density at radius 2 is 1.39 bits per heavy atom. The number of hydrogen-bond donors (Lipinski definition) is 0. The van der Waals surface area contributed by atoms with E-state index in [2.05, 4.69) is 19.1 Å². The SMILES string of the molecule is CCCCCCCC/C=C\CCCCCCCC(=O)O[C@H](COC(C)=O)COP(=O)([O-])OCC[N+](C)(C)C. The van der Waals surface area contributed by atoms with Crippen molar-refractivity contribution in [3.05, 3.63) is 12.2 Å². The highest BCUT2D eigenvalue weighted by Gasteiger charge is 2.21. The van der Waals surface area contributed by atoms with Crippen molar-refractivity contribution in [3.63, 3.8) is 0 Å². The van der Waals surface area contributed by atoms with Crippen molar-refractivity contribution in [1.29, 1.82) is 0 Å². The van der Waals surface area contributed by atoms with E-state index >= 15 is 0 Å². The Bertz CT molecular complexity index is 693. The number of allylic oxidation sites excluding steroid dienone is 2. The molecule has 0 rings (SSSR count). The summed E-state index contributed by atoms with van der Waals surface area (Å²) in [5, 5.41) is 0. The molecule has 0 spiro atoms. The van der Waals surface area contributed by atoms with Gasteiger partial charge in [-0.25, -0.2) is 0 Å². The van der Waals surface area contributed by atoms with Crippen LogP contribution in [0, 0.1) is 0 Å². The molecular formula is C28H54NO8P. The predicted molar refractivity (Wildman–Crippen MR) is 148 cm³/mol. The molecule has 1 unspecified atom stereocenters. The maximum atomic E-state index is 12.2. The van der Waals surface area contributed by atoms with E-state index in [9.17, 15) is 19.0 Å². The number of phosphoric acid groups is 1. The summed E-state index contributed by atoms with van der Waals surface area (Å²) in [6.45, 7) is 3.13. The van der Waals surface area contributed by atoms with Crippen molar-refractivity contribution in [2.75, 3.05) is 47.5 Å². The first kappa shape index (κ1) is 36.8. The summed E-state index contributed by atoms with van der Waals surface area (Å²) < 4.78 is 32.4. The molecule has 0 amide bonds. The van der Waals surface area contributed by atoms with E-state index in [1.807, 2.05) is 21.1 Å². The zero-order valence-corrected chi connectivity index (χ0v) is 25.5. The van der Waals surface area contributed by atoms with Gasteiger partial charge >= 0.3 is 11.9 Å². The standard InChI is InChI=1S/C28H54NO8P/c1-6-7-8-9-10-11-12-13-14-15-16-17-18-19-20-21-28(31)37-27(24-34-26(2)30)25-36-38(32,33)35-23-22-29(3,4)5/h13-14,27H,6-12,15-25H2,1-5H3/b14-13-/t27-/m1/s1. The van der Waals surface area contributed by atoms with Crippen molar-refractivity contribution < 1.29 is 42.1 Å². The summed E-state index contributed by atoms with van der Waals surface area (Å²) >= 11 is 0. The van der Waals surface area contributed by atoms with Crippen molar-refractivity contribution >= 4 is 19.8 Å². The largest absolute Gasteiger partial charge is 0.756 e. The molecule has 0 saturated heterocycles. The smallest absolute Gasteiger partial charge is 0.306 e. The molecule has 0 fully saturated rings. The summed E-state index contributed by atoms with van der Waals surface area (Å²) in [4.78, 5) is 35.4. The third kappa shape index (κ3) is 26.4. The van der Waals surface area contributed by atoms with E-state index in [4.69, 9.17) is 18.5 Å². The minimum absolute atomic E-state index is 0.0336. The molecule has 9 nitrogen and oxygen atoms in total. The minimum atomic E-state index is -4.57. The number of carbonyl (C=O) groups is 2. The summed E-state index contributed by atoms with van der Waals surface area (Å²) in [6, 6.07) is 0. The van der Waals surface area contributed by atoms with Gasteiger partial charge in [-0.3, -0.25) is 14.2 Å². The number of rotatable bonds is 25. The van der Waals surface area contributed by atoms with Gasteiger partial charge in [0.05, 0.1) is 27.7 Å². The van der Waals surface area contributed by atoms with Gasteiger partial charge in [-0.05, 0) is 32.1 Å². The molecule has 0 aliphatic heterocycles. The van der Waals surface area contributed by atoms with Crippen LogP contribution in [-0.4, -0.2) is 70.0 Å². The van der Waals surface area contributed by atoms with Gasteiger partial charge in [0.15, 0.2) is 6.10 Å². The first-order chi connectivity index (χ1) is 17.9. The Kier molecular flexibility index (Phi) is 21.8. The van der Waals surface area contributed by atoms with E-state index in [1.165, 1.54) is 51.9 Å². The van der Waals surface area contributed by atoms with Crippen LogP contribution >= 0.6 is 7.82 Å². The lowest BCUT2D eigenvalue weighted by Crippen LogP contribution is -2.37. The van der Waals surface area contributed by atoms with Crippen LogP contribution in [0.15, 0.2) is 12.2 Å². The van der Waals surface area contributed by atoms with Gasteiger partial charge in [0, 0.05) is 13.3 Å². The molecule has 0 N–H and O–H groups in total. The van der Waals surface area contributed by atoms with E-state index in [1.54, 1.807) is 0 Å². The fourth-order valence-electron chi connectivity index (χ4n) is 3.55. The number of ether oxygens (including phenoxy) is 2. The maximum Gasteiger partial charge on any atom is 0.306 e. The number of quaternary nitrogens is 1. The topological polar surface area (TPSA) is 111 Å². The fourth-order valence-corrected chi connectivity index (χ4v) is 4.28. The van der Waals surface area contributed by atoms with Gasteiger partial charge in [-0.15, -0.1) is 0 Å². The number of hydrogen-bond acceptors (Lipinski definition) is 8. The minimum Gasteiger partial charge on any atom is -0.756 e. The summed E-state index contributed by atoms with van der Waals surface area (Å²) in [6.07, 6.45) is 18.9. The van der Waals surface area contributed by atoms with Gasteiger partial charge in [0.2, 0.25) is 0 Å². The van der Waals surface area contributed by atoms with Gasteiger partial charge in [0.1, 0.15) is 19.8 Å². The van der Waals surface area contributed by atoms with Crippen LogP contribution in [0.1, 0.15) is 104 Å². The number of phosphoric ester groups is 1. The van der Waals surface area contributed by atoms with Crippen LogP contribution in [0.3, 0.4) is 0 Å². The van der Waals surface area contributed by atoms with Gasteiger partial charge in [-0.1, -0.05) is 70.4 Å². The molecule has 0 aliphatic carbocycles. The third-order valence-electron chi connectivity index (χ3n) is 5.84. The van der Waals surface area contributed by atoms with Crippen molar-refractivity contribution in [1.82, 2.24) is 0 Å². The third-order valence-corrected chi connectivity index (χ3v) is 6.81. The second kappa shape index (κ2) is 22.6. The maximum absolute atomic E-state index is 12.2. The number of likely N-dealkylation sites (N-methyl/N-ethyl adjacent to an activating group) is 1. The lowest BCUT2D eigenvalue weighted by atomic mass is 10.1. The van der Waals surface area contributed by atoms with Crippen molar-refractivity contribution in [2.24, 2.45) is 0 Å². The second-order valence-corrected chi connectivity index (χ2v) is 12.2. The second-order valence-electron chi connectivity index (χ2n) is 10.8. The Morgan fingerprint density at radius 3 is 1.95 bits per heavy atom. The van der Waals surface area contributed by atoms with Crippen molar-refractivity contribution in [3.8, 4) is 0 Å². The lowest BCUT2D eigenvalue weighted by molar-refractivity contribution is -0.870. The summed E-state index contributed by atoms with van der Waals surface area (Å²) in [5.74, 6) is -1.04. The van der Waals surface area contributed by atoms with Crippen LogP contribution in [-0.2, 0) is 32.7 Å². The van der Waals surface area contributed by atoms with E-state index in [-0.39, 0.29) is 19.6 Å². The normalized spacial score (nSPS) is 14.4. The number of carbonyl (C=O) groups excluding carboxylic acids is 2. The number of unbranched alkanes of at least 4 members (excludes halogenated alkanes) is 11. The monoisotopic (exact) mass is 563 g/mol. The molecule has 0 aliphatic rings. The van der Waals surface area contributed by atoms with Crippen LogP contribution in [0.4, 0.5) is 0 Å². The molecule has 0 aromatic rings. The molecular weight excluding hydrogens is 509 g/mol. The predicted octanol–water partition coefficient (Wildman–Crippen LogP) is 5.71. The van der Waals surface area contributed by atoms with Gasteiger partial charge < -0.3 is 27.9 Å². The zero-order chi connectivity index (χ0) is 28.7. The summed E-state index contributed by atoms with van der Waals surface area (Å²) in [5.41, 5.74) is 0. The Balaban J connectivity index is 4.06. The Labute approximate surface area is 231 Å². The molecule has 0 aromatic heterocycles. The average molecular weight is 564 g/mol. The molecule has 224 valence electrons. The molecule has 0 aromatic carbocycles. The molecule has 38 heavy (non-hydrogen) atoms. The zero-order valence-electron chi connectivity index (χ0n) is 24.6. The molecule has 0 saturated carbocycles. The molecule has 10 heteroatoms. The van der Waals surface area contributed by atoms with Gasteiger partial charge in [-0.2, -0.15) is 0 Å². The molecule has 0 heterocycles. The quantitative estimate of drug-likeness (QED) is 0.0457. The number of nitrogens with zero attached hydrogens (tertiary/aromatic N) is 1. The molecule has 2 atom stereocenters. The van der Waals surface area contributed by atoms with Crippen LogP contribution in [0.2, 0.25) is 0 Å². The van der Waals surface area contributed by atoms with Crippen LogP contribution in [0.25, 0.3) is 0 Å². The van der Waals surface area contributed by atoms with Crippen LogP contribution < -0.4 is 4.89 Å². The number of esters is 2. The Hall–Kier alpha value is -1.25. The molecule has 0 bridgehead atoms. The first-order valence-electron chi connectivity index (χ1n) is 14.3. The average Bonchev–Trinajstić information content (AvgIpc) is 2.82. The van der Waals surface area contributed by atoms with Crippen LogP contribution in [0.5, 0.6) is 0 Å². The highest BCUT2D eigenvalue weighted by atomic mass is 31.2. The Morgan fingerprint density at radius 1 is 0.842 bits per heavy atom. The summed E-state index contributed by atoms with van der Waals surface area (Å²) in [7, 11) is 1.15. The van der Waals surface area contributed by atoms with E-state index in [0.29, 0.717) is 17.4 Å². The van der Waals surface area contributed by atoms with Crippen molar-refractivity contribution in [2.45, 2.75) is 110 Å². The molecule has 0 radical (unpaired) electrons. The van der Waals surface area contributed by atoms with Gasteiger partial charge in [0.25, 0.3) is 7.82 Å².